The van der Waals surface area contributed by atoms with Crippen molar-refractivity contribution in [1.29, 1.82) is 0 Å². The van der Waals surface area contributed by atoms with Gasteiger partial charge in [-0.3, -0.25) is 14.2 Å². The summed E-state index contributed by atoms with van der Waals surface area (Å²) in [6.45, 7) is 4.84. The number of hydrogen-bond acceptors (Lipinski definition) is 4. The van der Waals surface area contributed by atoms with E-state index in [1.54, 1.807) is 23.1 Å². The molecule has 4 aromatic rings. The fourth-order valence-corrected chi connectivity index (χ4v) is 3.18. The smallest absolute Gasteiger partial charge is 0.257 e. The number of aromatic nitrogens is 5. The Labute approximate surface area is 156 Å². The third kappa shape index (κ3) is 3.08. The molecule has 0 atom stereocenters. The van der Waals surface area contributed by atoms with Crippen LogP contribution in [0.2, 0.25) is 0 Å². The predicted octanol–water partition coefficient (Wildman–Crippen LogP) is 3.41. The van der Waals surface area contributed by atoms with Crippen LogP contribution in [-0.2, 0) is 13.6 Å². The SMILES string of the molecule is CCn1ncc(-c2cc(C(=O)Nc3ccn(C)n3)c3ccccc3n2)c1C. The molecule has 0 aliphatic heterocycles. The Balaban J connectivity index is 1.83. The van der Waals surface area contributed by atoms with Crippen LogP contribution in [0.3, 0.4) is 0 Å². The van der Waals surface area contributed by atoms with Crippen molar-refractivity contribution in [3.05, 3.63) is 60.0 Å². The van der Waals surface area contributed by atoms with Gasteiger partial charge in [0.05, 0.1) is 23.0 Å². The van der Waals surface area contributed by atoms with Gasteiger partial charge in [-0.1, -0.05) is 18.2 Å². The Hall–Kier alpha value is -3.48. The first-order valence-electron chi connectivity index (χ1n) is 8.80. The van der Waals surface area contributed by atoms with Crippen molar-refractivity contribution in [1.82, 2.24) is 24.5 Å². The summed E-state index contributed by atoms with van der Waals surface area (Å²) in [5, 5.41) is 12.3. The van der Waals surface area contributed by atoms with Gasteiger partial charge >= 0.3 is 0 Å². The van der Waals surface area contributed by atoms with Crippen molar-refractivity contribution in [3.8, 4) is 11.3 Å². The maximum absolute atomic E-state index is 13.0. The monoisotopic (exact) mass is 360 g/mol. The lowest BCUT2D eigenvalue weighted by Crippen LogP contribution is -2.13. The third-order valence-electron chi connectivity index (χ3n) is 4.59. The summed E-state index contributed by atoms with van der Waals surface area (Å²) in [4.78, 5) is 17.7. The van der Waals surface area contributed by atoms with E-state index in [1.165, 1.54) is 0 Å². The second kappa shape index (κ2) is 6.68. The summed E-state index contributed by atoms with van der Waals surface area (Å²) in [7, 11) is 1.81. The lowest BCUT2D eigenvalue weighted by Gasteiger charge is -2.10. The second-order valence-electron chi connectivity index (χ2n) is 6.36. The average Bonchev–Trinajstić information content (AvgIpc) is 3.25. The molecule has 0 aliphatic rings. The lowest BCUT2D eigenvalue weighted by atomic mass is 10.0. The third-order valence-corrected chi connectivity index (χ3v) is 4.59. The van der Waals surface area contributed by atoms with Gasteiger partial charge in [0.25, 0.3) is 5.91 Å². The molecule has 0 bridgehead atoms. The van der Waals surface area contributed by atoms with Gasteiger partial charge in [0, 0.05) is 42.5 Å². The van der Waals surface area contributed by atoms with E-state index in [2.05, 4.69) is 15.5 Å². The number of aryl methyl sites for hydroxylation is 2. The molecule has 1 amide bonds. The topological polar surface area (TPSA) is 77.6 Å². The molecule has 0 spiro atoms. The van der Waals surface area contributed by atoms with E-state index in [0.29, 0.717) is 11.4 Å². The molecular formula is C20H20N6O. The van der Waals surface area contributed by atoms with E-state index in [9.17, 15) is 4.79 Å². The number of amides is 1. The van der Waals surface area contributed by atoms with E-state index >= 15 is 0 Å². The Bertz CT molecular complexity index is 1140. The lowest BCUT2D eigenvalue weighted by molar-refractivity contribution is 0.102. The number of nitrogens with one attached hydrogen (secondary N) is 1. The van der Waals surface area contributed by atoms with E-state index in [-0.39, 0.29) is 5.91 Å². The first kappa shape index (κ1) is 17.0. The highest BCUT2D eigenvalue weighted by molar-refractivity contribution is 6.12. The van der Waals surface area contributed by atoms with Crippen LogP contribution in [0.5, 0.6) is 0 Å². The Morgan fingerprint density at radius 1 is 1.22 bits per heavy atom. The summed E-state index contributed by atoms with van der Waals surface area (Å²) < 4.78 is 3.56. The Morgan fingerprint density at radius 2 is 2.04 bits per heavy atom. The van der Waals surface area contributed by atoms with Gasteiger partial charge in [-0.05, 0) is 26.0 Å². The highest BCUT2D eigenvalue weighted by Crippen LogP contribution is 2.27. The summed E-state index contributed by atoms with van der Waals surface area (Å²) >= 11 is 0. The van der Waals surface area contributed by atoms with Crippen LogP contribution in [0.15, 0.2) is 48.8 Å². The van der Waals surface area contributed by atoms with Crippen LogP contribution in [0.4, 0.5) is 5.82 Å². The number of carbonyl (C=O) groups excluding carboxylic acids is 1. The molecule has 0 saturated carbocycles. The zero-order valence-electron chi connectivity index (χ0n) is 15.5. The van der Waals surface area contributed by atoms with Gasteiger partial charge in [0.1, 0.15) is 0 Å². The van der Waals surface area contributed by atoms with E-state index in [4.69, 9.17) is 4.98 Å². The molecule has 3 heterocycles. The normalized spacial score (nSPS) is 11.1. The Kier molecular flexibility index (Phi) is 4.19. The van der Waals surface area contributed by atoms with E-state index in [1.807, 2.05) is 55.9 Å². The Morgan fingerprint density at radius 3 is 2.74 bits per heavy atom. The number of anilines is 1. The highest BCUT2D eigenvalue weighted by atomic mass is 16.1. The molecule has 0 fully saturated rings. The highest BCUT2D eigenvalue weighted by Gasteiger charge is 2.17. The minimum Gasteiger partial charge on any atom is -0.305 e. The van der Waals surface area contributed by atoms with Gasteiger partial charge in [0.15, 0.2) is 5.82 Å². The maximum Gasteiger partial charge on any atom is 0.257 e. The predicted molar refractivity (Wildman–Crippen MR) is 105 cm³/mol. The first-order valence-corrected chi connectivity index (χ1v) is 8.80. The molecule has 136 valence electrons. The van der Waals surface area contributed by atoms with Crippen LogP contribution in [0, 0.1) is 6.92 Å². The van der Waals surface area contributed by atoms with Crippen molar-refractivity contribution in [3.63, 3.8) is 0 Å². The van der Waals surface area contributed by atoms with Gasteiger partial charge in [-0.2, -0.15) is 10.2 Å². The fraction of sp³-hybridized carbons (Fsp3) is 0.200. The largest absolute Gasteiger partial charge is 0.305 e. The number of fused-ring (bicyclic) bond motifs is 1. The standard InChI is InChI=1S/C20H20N6O/c1-4-26-13(2)16(12-21-26)18-11-15(14-7-5-6-8-17(14)22-18)20(27)23-19-9-10-25(3)24-19/h5-12H,4H2,1-3H3,(H,23,24,27). The molecule has 7 heteroatoms. The molecule has 27 heavy (non-hydrogen) atoms. The number of rotatable bonds is 4. The molecule has 3 aromatic heterocycles. The van der Waals surface area contributed by atoms with Gasteiger partial charge in [-0.25, -0.2) is 4.98 Å². The van der Waals surface area contributed by atoms with Crippen molar-refractivity contribution < 1.29 is 4.79 Å². The minimum atomic E-state index is -0.214. The zero-order valence-corrected chi connectivity index (χ0v) is 15.5. The fourth-order valence-electron chi connectivity index (χ4n) is 3.18. The molecule has 1 N–H and O–H groups in total. The maximum atomic E-state index is 13.0. The summed E-state index contributed by atoms with van der Waals surface area (Å²) in [5.41, 5.74) is 4.01. The molecule has 7 nitrogen and oxygen atoms in total. The molecule has 0 aliphatic carbocycles. The van der Waals surface area contributed by atoms with Gasteiger partial charge in [-0.15, -0.1) is 0 Å². The quantitative estimate of drug-likeness (QED) is 0.605. The minimum absolute atomic E-state index is 0.214. The van der Waals surface area contributed by atoms with Crippen molar-refractivity contribution >= 4 is 22.6 Å². The molecule has 4 rings (SSSR count). The second-order valence-corrected chi connectivity index (χ2v) is 6.36. The number of hydrogen-bond donors (Lipinski definition) is 1. The average molecular weight is 360 g/mol. The number of nitrogens with zero attached hydrogens (tertiary/aromatic N) is 5. The van der Waals surface area contributed by atoms with Crippen LogP contribution < -0.4 is 5.32 Å². The molecular weight excluding hydrogens is 340 g/mol. The van der Waals surface area contributed by atoms with E-state index in [0.717, 1.165) is 34.4 Å². The van der Waals surface area contributed by atoms with Crippen molar-refractivity contribution in [2.24, 2.45) is 7.05 Å². The summed E-state index contributed by atoms with van der Waals surface area (Å²) in [6, 6.07) is 11.2. The van der Waals surface area contributed by atoms with Gasteiger partial charge in [0.2, 0.25) is 0 Å². The van der Waals surface area contributed by atoms with Gasteiger partial charge < -0.3 is 5.32 Å². The first-order chi connectivity index (χ1) is 13.1. The van der Waals surface area contributed by atoms with Crippen LogP contribution in [0.1, 0.15) is 23.0 Å². The number of pyridine rings is 1. The number of carbonyl (C=O) groups is 1. The molecule has 0 radical (unpaired) electrons. The van der Waals surface area contributed by atoms with E-state index < -0.39 is 0 Å². The molecule has 0 unspecified atom stereocenters. The summed E-state index contributed by atoms with van der Waals surface area (Å²) in [5.74, 6) is 0.300. The molecule has 1 aromatic carbocycles. The van der Waals surface area contributed by atoms with Crippen LogP contribution >= 0.6 is 0 Å². The summed E-state index contributed by atoms with van der Waals surface area (Å²) in [6.07, 6.45) is 3.59. The van der Waals surface area contributed by atoms with Crippen LogP contribution in [-0.4, -0.2) is 30.5 Å². The zero-order chi connectivity index (χ0) is 19.0. The number of para-hydroxylation sites is 1. The molecule has 0 saturated heterocycles. The number of benzene rings is 1. The van der Waals surface area contributed by atoms with Crippen molar-refractivity contribution in [2.45, 2.75) is 20.4 Å². The van der Waals surface area contributed by atoms with Crippen LogP contribution in [0.25, 0.3) is 22.2 Å². The van der Waals surface area contributed by atoms with Crippen molar-refractivity contribution in [2.75, 3.05) is 5.32 Å².